The van der Waals surface area contributed by atoms with Gasteiger partial charge in [0.2, 0.25) is 0 Å². The van der Waals surface area contributed by atoms with Crippen molar-refractivity contribution in [2.45, 2.75) is 78.7 Å². The van der Waals surface area contributed by atoms with Gasteiger partial charge in [0.05, 0.1) is 30.7 Å². The smallest absolute Gasteiger partial charge is 0.258 e. The summed E-state index contributed by atoms with van der Waals surface area (Å²) in [6.45, 7) is 13.2. The van der Waals surface area contributed by atoms with E-state index in [4.69, 9.17) is 26.1 Å². The van der Waals surface area contributed by atoms with Crippen molar-refractivity contribution < 1.29 is 14.3 Å². The first-order valence-electron chi connectivity index (χ1n) is 14.7. The van der Waals surface area contributed by atoms with Crippen LogP contribution >= 0.6 is 11.6 Å². The van der Waals surface area contributed by atoms with Gasteiger partial charge in [0.15, 0.2) is 6.10 Å². The van der Waals surface area contributed by atoms with Crippen LogP contribution in [0.15, 0.2) is 54.6 Å². The predicted molar refractivity (Wildman–Crippen MR) is 170 cm³/mol. The van der Waals surface area contributed by atoms with Gasteiger partial charge in [-0.05, 0) is 76.8 Å². The third kappa shape index (κ3) is 6.33. The average molecular weight is 599 g/mol. The molecule has 0 unspecified atom stereocenters. The molecule has 0 N–H and O–H groups in total. The minimum absolute atomic E-state index is 0.118. The van der Waals surface area contributed by atoms with Crippen molar-refractivity contribution in [1.82, 2.24) is 14.5 Å². The number of fused-ring (bicyclic) bond motifs is 1. The minimum atomic E-state index is -0.926. The van der Waals surface area contributed by atoms with Gasteiger partial charge in [-0.25, -0.2) is 4.98 Å². The zero-order valence-electron chi connectivity index (χ0n) is 25.8. The fourth-order valence-electron chi connectivity index (χ4n) is 5.99. The number of halogens is 1. The maximum atomic E-state index is 14.7. The molecule has 224 valence electrons. The lowest BCUT2D eigenvalue weighted by Crippen LogP contribution is -2.43. The van der Waals surface area contributed by atoms with Gasteiger partial charge in [0.25, 0.3) is 5.91 Å². The third-order valence-electron chi connectivity index (χ3n) is 8.10. The summed E-state index contributed by atoms with van der Waals surface area (Å²) < 4.78 is 14.7. The number of ether oxygens (including phenoxy) is 2. The number of carbonyl (C=O) groups excluding carboxylic acids is 1. The fraction of sp³-hybridized carbons (Fsp3) is 0.400. The molecule has 3 heterocycles. The molecule has 1 aliphatic heterocycles. The van der Waals surface area contributed by atoms with E-state index in [9.17, 15) is 10.1 Å². The van der Waals surface area contributed by atoms with Crippen LogP contribution in [0.2, 0.25) is 5.02 Å². The molecule has 1 amide bonds. The second-order valence-corrected chi connectivity index (χ2v) is 12.7. The van der Waals surface area contributed by atoms with E-state index in [1.165, 1.54) is 0 Å². The summed E-state index contributed by atoms with van der Waals surface area (Å²) in [5.41, 5.74) is 6.68. The Morgan fingerprint density at radius 1 is 1.14 bits per heavy atom. The summed E-state index contributed by atoms with van der Waals surface area (Å²) >= 11 is 6.33. The normalized spacial score (nSPS) is 16.0. The molecule has 2 aromatic carbocycles. The molecule has 5 rings (SSSR count). The minimum Gasteiger partial charge on any atom is -0.359 e. The van der Waals surface area contributed by atoms with Crippen LogP contribution in [-0.4, -0.2) is 45.3 Å². The van der Waals surface area contributed by atoms with E-state index < -0.39 is 11.7 Å². The van der Waals surface area contributed by atoms with Gasteiger partial charge >= 0.3 is 0 Å². The van der Waals surface area contributed by atoms with E-state index >= 15 is 0 Å². The number of amides is 1. The first-order chi connectivity index (χ1) is 20.5. The molecule has 4 aromatic rings. The van der Waals surface area contributed by atoms with Gasteiger partial charge < -0.3 is 18.9 Å². The van der Waals surface area contributed by atoms with E-state index in [0.29, 0.717) is 36.7 Å². The van der Waals surface area contributed by atoms with Gasteiger partial charge in [-0.3, -0.25) is 4.79 Å². The van der Waals surface area contributed by atoms with Crippen molar-refractivity contribution in [2.24, 2.45) is 0 Å². The Morgan fingerprint density at radius 3 is 2.49 bits per heavy atom. The summed E-state index contributed by atoms with van der Waals surface area (Å²) in [6, 6.07) is 20.0. The van der Waals surface area contributed by atoms with E-state index in [2.05, 4.69) is 36.6 Å². The van der Waals surface area contributed by atoms with Gasteiger partial charge in [0.1, 0.15) is 12.4 Å². The molecular formula is C35H39ClN4O3. The molecule has 0 radical (unpaired) electrons. The lowest BCUT2D eigenvalue weighted by molar-refractivity contribution is -0.156. The summed E-state index contributed by atoms with van der Waals surface area (Å²) in [4.78, 5) is 21.6. The molecule has 7 nitrogen and oxygen atoms in total. The van der Waals surface area contributed by atoms with E-state index in [1.807, 2.05) is 75.1 Å². The number of nitriles is 1. The third-order valence-corrected chi connectivity index (χ3v) is 8.35. The van der Waals surface area contributed by atoms with E-state index in [1.54, 1.807) is 0 Å². The van der Waals surface area contributed by atoms with Crippen molar-refractivity contribution in [1.29, 1.82) is 5.26 Å². The van der Waals surface area contributed by atoms with Gasteiger partial charge in [-0.1, -0.05) is 54.1 Å². The Hall–Kier alpha value is -3.70. The Labute approximate surface area is 259 Å². The Kier molecular flexibility index (Phi) is 8.94. The maximum absolute atomic E-state index is 14.7. The fourth-order valence-corrected chi connectivity index (χ4v) is 6.11. The van der Waals surface area contributed by atoms with E-state index in [0.717, 1.165) is 44.5 Å². The van der Waals surface area contributed by atoms with Gasteiger partial charge in [-0.15, -0.1) is 0 Å². The summed E-state index contributed by atoms with van der Waals surface area (Å²) in [6.07, 6.45) is 0.133. The standard InChI is InChI=1S/C35H39ClN4O3/c1-22-24(3)39(18-10-17-37)33-29(22)31(26-13-15-27(36)16-14-26)30(23(2)38-33)32(43-35(4,5)6)34(41)40-21-42-20-28(40)19-25-11-8-7-9-12-25/h7-9,11-16,28,32H,10,18-21H2,1-6H3/t28-,32+/m1/s1. The SMILES string of the molecule is Cc1nc2c(c(C)c(C)n2CCC#N)c(-c2ccc(Cl)cc2)c1[C@H](OC(C)(C)C)C(=O)N1COC[C@H]1Cc1ccccc1. The molecule has 0 spiro atoms. The molecule has 43 heavy (non-hydrogen) atoms. The molecule has 8 heteroatoms. The van der Waals surface area contributed by atoms with Crippen LogP contribution in [0.3, 0.4) is 0 Å². The number of rotatable bonds is 8. The van der Waals surface area contributed by atoms with Crippen LogP contribution in [0, 0.1) is 32.1 Å². The van der Waals surface area contributed by atoms with Gasteiger partial charge in [0, 0.05) is 39.5 Å². The highest BCUT2D eigenvalue weighted by Gasteiger charge is 2.40. The molecule has 0 bridgehead atoms. The molecule has 2 atom stereocenters. The number of pyridine rings is 1. The summed E-state index contributed by atoms with van der Waals surface area (Å²) in [5, 5.41) is 10.9. The average Bonchev–Trinajstić information content (AvgIpc) is 3.52. The number of nitrogens with zero attached hydrogens (tertiary/aromatic N) is 4. The number of benzene rings is 2. The Balaban J connectivity index is 1.72. The largest absolute Gasteiger partial charge is 0.359 e. The topological polar surface area (TPSA) is 80.4 Å². The van der Waals surface area contributed by atoms with Crippen molar-refractivity contribution >= 4 is 28.5 Å². The van der Waals surface area contributed by atoms with E-state index in [-0.39, 0.29) is 18.7 Å². The molecule has 2 aromatic heterocycles. The van der Waals surface area contributed by atoms with Crippen LogP contribution in [-0.2, 0) is 27.2 Å². The van der Waals surface area contributed by atoms with Crippen LogP contribution in [0.4, 0.5) is 0 Å². The van der Waals surface area contributed by atoms with Crippen molar-refractivity contribution in [3.63, 3.8) is 0 Å². The number of carbonyl (C=O) groups is 1. The molecular weight excluding hydrogens is 560 g/mol. The van der Waals surface area contributed by atoms with Gasteiger partial charge in [-0.2, -0.15) is 5.26 Å². The molecule has 1 saturated heterocycles. The van der Waals surface area contributed by atoms with Crippen LogP contribution in [0.25, 0.3) is 22.2 Å². The molecule has 1 aliphatic rings. The maximum Gasteiger partial charge on any atom is 0.258 e. The molecule has 1 fully saturated rings. The monoisotopic (exact) mass is 598 g/mol. The number of hydrogen-bond donors (Lipinski definition) is 0. The molecule has 0 aliphatic carbocycles. The first-order valence-corrected chi connectivity index (χ1v) is 15.1. The highest BCUT2D eigenvalue weighted by Crippen LogP contribution is 2.43. The number of aryl methyl sites for hydroxylation is 3. The zero-order valence-corrected chi connectivity index (χ0v) is 26.5. The lowest BCUT2D eigenvalue weighted by Gasteiger charge is -2.33. The van der Waals surface area contributed by atoms with Crippen LogP contribution in [0.5, 0.6) is 0 Å². The quantitative estimate of drug-likeness (QED) is 0.210. The van der Waals surface area contributed by atoms with Crippen molar-refractivity contribution in [2.75, 3.05) is 13.3 Å². The van der Waals surface area contributed by atoms with Crippen molar-refractivity contribution in [3.05, 3.63) is 87.7 Å². The second-order valence-electron chi connectivity index (χ2n) is 12.2. The Morgan fingerprint density at radius 2 is 1.84 bits per heavy atom. The zero-order chi connectivity index (χ0) is 30.9. The van der Waals surface area contributed by atoms with Crippen molar-refractivity contribution in [3.8, 4) is 17.2 Å². The highest BCUT2D eigenvalue weighted by molar-refractivity contribution is 6.30. The summed E-state index contributed by atoms with van der Waals surface area (Å²) in [5.74, 6) is -0.147. The predicted octanol–water partition coefficient (Wildman–Crippen LogP) is 7.48. The molecule has 0 saturated carbocycles. The lowest BCUT2D eigenvalue weighted by atomic mass is 9.90. The second kappa shape index (κ2) is 12.5. The Bertz CT molecular complexity index is 1670. The first kappa shape index (κ1) is 30.7. The van der Waals surface area contributed by atoms with Crippen LogP contribution < -0.4 is 0 Å². The summed E-state index contributed by atoms with van der Waals surface area (Å²) in [7, 11) is 0. The van der Waals surface area contributed by atoms with Crippen LogP contribution in [0.1, 0.15) is 61.4 Å². The number of hydrogen-bond acceptors (Lipinski definition) is 5. The number of aromatic nitrogens is 2. The highest BCUT2D eigenvalue weighted by atomic mass is 35.5.